The molecule has 1 aliphatic carbocycles. The van der Waals surface area contributed by atoms with Gasteiger partial charge >= 0.3 is 0 Å². The number of hydrogen-bond donors (Lipinski definition) is 2. The second-order valence-electron chi connectivity index (χ2n) is 6.86. The Kier molecular flexibility index (Phi) is 6.92. The van der Waals surface area contributed by atoms with Crippen molar-refractivity contribution in [2.45, 2.75) is 57.4 Å². The molecule has 144 valence electrons. The SMILES string of the molecule is O=C(Cc1csc(NC(=O)c2ccccc2F)n1)NC1CCCCCCC1. The lowest BCUT2D eigenvalue weighted by Crippen LogP contribution is -2.36. The van der Waals surface area contributed by atoms with Crippen molar-refractivity contribution in [3.8, 4) is 0 Å². The van der Waals surface area contributed by atoms with E-state index in [0.29, 0.717) is 10.8 Å². The number of halogens is 1. The molecule has 0 saturated heterocycles. The van der Waals surface area contributed by atoms with Gasteiger partial charge in [-0.25, -0.2) is 9.37 Å². The highest BCUT2D eigenvalue weighted by atomic mass is 32.1. The largest absolute Gasteiger partial charge is 0.353 e. The van der Waals surface area contributed by atoms with Crippen LogP contribution in [0.25, 0.3) is 0 Å². The fourth-order valence-corrected chi connectivity index (χ4v) is 4.00. The van der Waals surface area contributed by atoms with E-state index in [1.807, 2.05) is 0 Å². The van der Waals surface area contributed by atoms with E-state index in [4.69, 9.17) is 0 Å². The number of aromatic nitrogens is 1. The molecule has 0 spiro atoms. The number of nitrogens with one attached hydrogen (secondary N) is 2. The van der Waals surface area contributed by atoms with Crippen LogP contribution in [0.1, 0.15) is 61.0 Å². The summed E-state index contributed by atoms with van der Waals surface area (Å²) in [6.07, 6.45) is 8.34. The van der Waals surface area contributed by atoms with Crippen LogP contribution in [-0.4, -0.2) is 22.8 Å². The molecule has 0 unspecified atom stereocenters. The lowest BCUT2D eigenvalue weighted by atomic mass is 9.96. The number of thiazole rings is 1. The van der Waals surface area contributed by atoms with Crippen LogP contribution in [0.15, 0.2) is 29.6 Å². The Morgan fingerprint density at radius 3 is 2.56 bits per heavy atom. The van der Waals surface area contributed by atoms with Crippen molar-refractivity contribution in [2.75, 3.05) is 5.32 Å². The van der Waals surface area contributed by atoms with E-state index in [1.165, 1.54) is 48.8 Å². The summed E-state index contributed by atoms with van der Waals surface area (Å²) in [6.45, 7) is 0. The van der Waals surface area contributed by atoms with E-state index in [-0.39, 0.29) is 23.9 Å². The van der Waals surface area contributed by atoms with E-state index in [1.54, 1.807) is 11.4 Å². The maximum atomic E-state index is 13.7. The number of benzene rings is 1. The maximum absolute atomic E-state index is 13.7. The molecule has 27 heavy (non-hydrogen) atoms. The highest BCUT2D eigenvalue weighted by molar-refractivity contribution is 7.14. The first kappa shape index (κ1) is 19.5. The van der Waals surface area contributed by atoms with Gasteiger partial charge in [-0.2, -0.15) is 0 Å². The van der Waals surface area contributed by atoms with E-state index in [2.05, 4.69) is 15.6 Å². The predicted molar refractivity (Wildman–Crippen MR) is 104 cm³/mol. The van der Waals surface area contributed by atoms with Gasteiger partial charge in [0.05, 0.1) is 17.7 Å². The third kappa shape index (κ3) is 5.85. The Bertz CT molecular complexity index is 785. The third-order valence-corrected chi connectivity index (χ3v) is 5.51. The molecule has 2 N–H and O–H groups in total. The average Bonchev–Trinajstić information content (AvgIpc) is 3.04. The number of rotatable bonds is 5. The van der Waals surface area contributed by atoms with Crippen molar-refractivity contribution in [1.29, 1.82) is 0 Å². The average molecular weight is 389 g/mol. The van der Waals surface area contributed by atoms with Gasteiger partial charge in [0.25, 0.3) is 5.91 Å². The summed E-state index contributed by atoms with van der Waals surface area (Å²) in [4.78, 5) is 28.7. The molecule has 2 aromatic rings. The first-order chi connectivity index (χ1) is 13.1. The molecule has 1 aliphatic rings. The number of anilines is 1. The maximum Gasteiger partial charge on any atom is 0.260 e. The minimum atomic E-state index is -0.578. The van der Waals surface area contributed by atoms with E-state index in [9.17, 15) is 14.0 Å². The van der Waals surface area contributed by atoms with Crippen LogP contribution < -0.4 is 10.6 Å². The molecule has 1 saturated carbocycles. The molecule has 3 rings (SSSR count). The molecular formula is C20H24FN3O2S. The molecule has 0 aliphatic heterocycles. The van der Waals surface area contributed by atoms with Crippen LogP contribution in [0.3, 0.4) is 0 Å². The van der Waals surface area contributed by atoms with Crippen molar-refractivity contribution >= 4 is 28.3 Å². The Morgan fingerprint density at radius 2 is 1.81 bits per heavy atom. The second kappa shape index (κ2) is 9.60. The summed E-state index contributed by atoms with van der Waals surface area (Å²) >= 11 is 1.23. The lowest BCUT2D eigenvalue weighted by Gasteiger charge is -2.20. The zero-order chi connectivity index (χ0) is 19.1. The molecular weight excluding hydrogens is 365 g/mol. The summed E-state index contributed by atoms with van der Waals surface area (Å²) in [5.41, 5.74) is 0.573. The van der Waals surface area contributed by atoms with Crippen molar-refractivity contribution in [2.24, 2.45) is 0 Å². The predicted octanol–water partition coefficient (Wildman–Crippen LogP) is 4.31. The summed E-state index contributed by atoms with van der Waals surface area (Å²) in [5.74, 6) is -1.17. The van der Waals surface area contributed by atoms with Crippen molar-refractivity contribution in [3.63, 3.8) is 0 Å². The molecule has 1 heterocycles. The van der Waals surface area contributed by atoms with Gasteiger partial charge in [-0.15, -0.1) is 11.3 Å². The zero-order valence-corrected chi connectivity index (χ0v) is 16.0. The highest BCUT2D eigenvalue weighted by Crippen LogP contribution is 2.19. The topological polar surface area (TPSA) is 71.1 Å². The number of carbonyl (C=O) groups is 2. The number of hydrogen-bond acceptors (Lipinski definition) is 4. The van der Waals surface area contributed by atoms with Crippen LogP contribution in [0.5, 0.6) is 0 Å². The summed E-state index contributed by atoms with van der Waals surface area (Å²) in [5, 5.41) is 7.80. The van der Waals surface area contributed by atoms with Crippen molar-refractivity contribution < 1.29 is 14.0 Å². The minimum absolute atomic E-state index is 0.0312. The standard InChI is InChI=1S/C20H24FN3O2S/c21-17-11-7-6-10-16(17)19(26)24-20-23-15(13-27-20)12-18(25)22-14-8-4-2-1-3-5-9-14/h6-7,10-11,13-14H,1-5,8-9,12H2,(H,22,25)(H,23,24,26). The molecule has 1 aromatic carbocycles. The van der Waals surface area contributed by atoms with Gasteiger partial charge in [-0.05, 0) is 25.0 Å². The molecule has 0 bridgehead atoms. The molecule has 0 radical (unpaired) electrons. The Labute approximate surface area is 162 Å². The van der Waals surface area contributed by atoms with Crippen LogP contribution in [-0.2, 0) is 11.2 Å². The summed E-state index contributed by atoms with van der Waals surface area (Å²) in [7, 11) is 0. The number of carbonyl (C=O) groups excluding carboxylic acids is 2. The van der Waals surface area contributed by atoms with Crippen LogP contribution >= 0.6 is 11.3 Å². The summed E-state index contributed by atoms with van der Waals surface area (Å²) < 4.78 is 13.7. The fraction of sp³-hybridized carbons (Fsp3) is 0.450. The van der Waals surface area contributed by atoms with Gasteiger partial charge in [0.15, 0.2) is 5.13 Å². The lowest BCUT2D eigenvalue weighted by molar-refractivity contribution is -0.121. The first-order valence-electron chi connectivity index (χ1n) is 9.41. The molecule has 1 aromatic heterocycles. The molecule has 5 nitrogen and oxygen atoms in total. The first-order valence-corrected chi connectivity index (χ1v) is 10.3. The molecule has 0 atom stereocenters. The number of amides is 2. The van der Waals surface area contributed by atoms with Gasteiger partial charge < -0.3 is 5.32 Å². The molecule has 1 fully saturated rings. The van der Waals surface area contributed by atoms with Crippen LogP contribution in [0.4, 0.5) is 9.52 Å². The number of nitrogens with zero attached hydrogens (tertiary/aromatic N) is 1. The molecule has 7 heteroatoms. The van der Waals surface area contributed by atoms with Gasteiger partial charge in [0.1, 0.15) is 5.82 Å². The third-order valence-electron chi connectivity index (χ3n) is 4.70. The Balaban J connectivity index is 1.52. The van der Waals surface area contributed by atoms with Crippen LogP contribution in [0, 0.1) is 5.82 Å². The highest BCUT2D eigenvalue weighted by Gasteiger charge is 2.16. The zero-order valence-electron chi connectivity index (χ0n) is 15.2. The van der Waals surface area contributed by atoms with E-state index >= 15 is 0 Å². The van der Waals surface area contributed by atoms with Gasteiger partial charge in [0, 0.05) is 11.4 Å². The summed E-state index contributed by atoms with van der Waals surface area (Å²) in [6, 6.07) is 6.04. The van der Waals surface area contributed by atoms with Crippen LogP contribution in [0.2, 0.25) is 0 Å². The second-order valence-corrected chi connectivity index (χ2v) is 7.72. The van der Waals surface area contributed by atoms with Gasteiger partial charge in [0.2, 0.25) is 5.91 Å². The van der Waals surface area contributed by atoms with Gasteiger partial charge in [-0.3, -0.25) is 14.9 Å². The monoisotopic (exact) mass is 389 g/mol. The Morgan fingerprint density at radius 1 is 1.11 bits per heavy atom. The van der Waals surface area contributed by atoms with E-state index < -0.39 is 11.7 Å². The molecule has 2 amide bonds. The quantitative estimate of drug-likeness (QED) is 0.801. The van der Waals surface area contributed by atoms with Crippen molar-refractivity contribution in [3.05, 3.63) is 46.7 Å². The van der Waals surface area contributed by atoms with Gasteiger partial charge in [-0.1, -0.05) is 44.2 Å². The minimum Gasteiger partial charge on any atom is -0.353 e. The fourth-order valence-electron chi connectivity index (χ4n) is 3.30. The normalized spacial score (nSPS) is 15.6. The smallest absolute Gasteiger partial charge is 0.260 e. The van der Waals surface area contributed by atoms with Crippen molar-refractivity contribution in [1.82, 2.24) is 10.3 Å². The van der Waals surface area contributed by atoms with E-state index in [0.717, 1.165) is 25.7 Å². The Hall–Kier alpha value is -2.28.